The lowest BCUT2D eigenvalue weighted by atomic mass is 9.88. The fourth-order valence-corrected chi connectivity index (χ4v) is 6.48. The molecule has 0 aromatic heterocycles. The molecule has 40 heavy (non-hydrogen) atoms. The molecule has 2 aliphatic rings. The molecular formula is C26H36N4O8S2. The van der Waals surface area contributed by atoms with Crippen molar-refractivity contribution in [3.05, 3.63) is 47.5 Å². The molecule has 2 fully saturated rings. The Morgan fingerprint density at radius 1 is 0.800 bits per heavy atom. The van der Waals surface area contributed by atoms with Crippen molar-refractivity contribution in [2.75, 3.05) is 21.7 Å². The smallest absolute Gasteiger partial charge is 0.326 e. The minimum Gasteiger partial charge on any atom is -0.506 e. The number of nitrogens with zero attached hydrogens (tertiary/aromatic N) is 2. The normalized spacial score (nSPS) is 17.9. The molecule has 12 nitrogen and oxygen atoms in total. The summed E-state index contributed by atoms with van der Waals surface area (Å²) >= 11 is 0. The number of aryl methyl sites for hydroxylation is 1. The number of rotatable bonds is 6. The Balaban J connectivity index is 0.000000222. The molecule has 2 saturated heterocycles. The van der Waals surface area contributed by atoms with E-state index in [1.807, 2.05) is 9.44 Å². The maximum Gasteiger partial charge on any atom is 0.326 e. The van der Waals surface area contributed by atoms with E-state index >= 15 is 0 Å². The van der Waals surface area contributed by atoms with Gasteiger partial charge in [-0.25, -0.2) is 18.1 Å². The van der Waals surface area contributed by atoms with Crippen LogP contribution in [0.1, 0.15) is 52.2 Å². The maximum absolute atomic E-state index is 11.7. The van der Waals surface area contributed by atoms with Crippen LogP contribution in [0.4, 0.5) is 11.4 Å². The third-order valence-electron chi connectivity index (χ3n) is 6.06. The van der Waals surface area contributed by atoms with Crippen LogP contribution in [-0.4, -0.2) is 52.0 Å². The summed E-state index contributed by atoms with van der Waals surface area (Å²) in [6.07, 6.45) is 2.53. The zero-order chi connectivity index (χ0) is 30.0. The fraction of sp³-hybridized carbons (Fsp3) is 0.462. The first-order valence-corrected chi connectivity index (χ1v) is 15.6. The van der Waals surface area contributed by atoms with Crippen molar-refractivity contribution in [3.63, 3.8) is 0 Å². The molecule has 2 aromatic rings. The summed E-state index contributed by atoms with van der Waals surface area (Å²) in [5.41, 5.74) is 2.27. The largest absolute Gasteiger partial charge is 0.506 e. The summed E-state index contributed by atoms with van der Waals surface area (Å²) in [7, 11) is -7.76. The fourth-order valence-electron chi connectivity index (χ4n) is 4.16. The van der Waals surface area contributed by atoms with Gasteiger partial charge in [-0.15, -0.1) is 0 Å². The van der Waals surface area contributed by atoms with Crippen LogP contribution in [0.25, 0.3) is 0 Å². The second kappa shape index (κ2) is 11.5. The number of carbonyl (C=O) groups excluding carboxylic acids is 2. The highest BCUT2D eigenvalue weighted by Gasteiger charge is 2.36. The van der Waals surface area contributed by atoms with Gasteiger partial charge in [0.15, 0.2) is 0 Å². The average molecular weight is 597 g/mol. The Morgan fingerprint density at radius 3 is 1.57 bits per heavy atom. The first-order valence-electron chi connectivity index (χ1n) is 12.7. The second-order valence-electron chi connectivity index (χ2n) is 11.4. The lowest BCUT2D eigenvalue weighted by molar-refractivity contribution is -0.118. The van der Waals surface area contributed by atoms with Crippen LogP contribution in [0.3, 0.4) is 0 Å². The minimum atomic E-state index is -3.89. The van der Waals surface area contributed by atoms with E-state index in [-0.39, 0.29) is 41.4 Å². The van der Waals surface area contributed by atoms with Gasteiger partial charge in [0.1, 0.15) is 24.6 Å². The zero-order valence-electron chi connectivity index (χ0n) is 23.1. The van der Waals surface area contributed by atoms with Crippen LogP contribution in [-0.2, 0) is 42.8 Å². The molecule has 2 aliphatic heterocycles. The summed E-state index contributed by atoms with van der Waals surface area (Å²) in [5, 5.41) is 20.0. The Morgan fingerprint density at radius 2 is 1.23 bits per heavy atom. The van der Waals surface area contributed by atoms with Gasteiger partial charge in [0.25, 0.3) is 11.8 Å². The number of hydrogen-bond donors (Lipinski definition) is 4. The number of nitrogens with one attached hydrogen (secondary N) is 2. The van der Waals surface area contributed by atoms with E-state index in [2.05, 4.69) is 34.6 Å². The predicted molar refractivity (Wildman–Crippen MR) is 151 cm³/mol. The summed E-state index contributed by atoms with van der Waals surface area (Å²) in [5.74, 6) is -1.06. The number of phenolic OH excluding ortho intramolecular Hbond substituents is 2. The Labute approximate surface area is 235 Å². The Bertz CT molecular complexity index is 1500. The summed E-state index contributed by atoms with van der Waals surface area (Å²) < 4.78 is 52.3. The zero-order valence-corrected chi connectivity index (χ0v) is 24.8. The lowest BCUT2D eigenvalue weighted by Crippen LogP contribution is -2.29. The van der Waals surface area contributed by atoms with Gasteiger partial charge < -0.3 is 10.2 Å². The van der Waals surface area contributed by atoms with E-state index in [0.717, 1.165) is 39.0 Å². The van der Waals surface area contributed by atoms with E-state index in [4.69, 9.17) is 0 Å². The molecule has 0 atom stereocenters. The van der Waals surface area contributed by atoms with Gasteiger partial charge in [-0.2, -0.15) is 16.8 Å². The van der Waals surface area contributed by atoms with Gasteiger partial charge in [0.05, 0.1) is 11.4 Å². The van der Waals surface area contributed by atoms with Crippen molar-refractivity contribution >= 4 is 43.6 Å². The SMILES string of the molecule is CC(C)(C)CCc1ccc(N2CC(=O)NS2(=O)=O)c(O)c1.CC(C)Cc1ccc(N2CC(=O)NS2(=O)=O)c(O)c1. The molecule has 0 aliphatic carbocycles. The number of phenols is 2. The summed E-state index contributed by atoms with van der Waals surface area (Å²) in [6.45, 7) is 9.90. The molecule has 4 rings (SSSR count). The molecule has 2 aromatic carbocycles. The van der Waals surface area contributed by atoms with Crippen LogP contribution >= 0.6 is 0 Å². The van der Waals surface area contributed by atoms with Crippen molar-refractivity contribution in [1.29, 1.82) is 0 Å². The molecule has 14 heteroatoms. The Kier molecular flexibility index (Phi) is 8.94. The highest BCUT2D eigenvalue weighted by atomic mass is 32.2. The van der Waals surface area contributed by atoms with E-state index < -0.39 is 32.2 Å². The number of benzene rings is 2. The average Bonchev–Trinajstić information content (AvgIpc) is 3.23. The minimum absolute atomic E-state index is 0.117. The van der Waals surface area contributed by atoms with Crippen molar-refractivity contribution in [2.24, 2.45) is 11.3 Å². The van der Waals surface area contributed by atoms with E-state index in [0.29, 0.717) is 5.92 Å². The number of amides is 2. The highest BCUT2D eigenvalue weighted by molar-refractivity contribution is 7.92. The quantitative estimate of drug-likeness (QED) is 0.393. The van der Waals surface area contributed by atoms with Gasteiger partial charge in [-0.1, -0.05) is 46.8 Å². The first-order chi connectivity index (χ1) is 18.4. The third-order valence-corrected chi connectivity index (χ3v) is 8.85. The van der Waals surface area contributed by atoms with Gasteiger partial charge in [-0.05, 0) is 66.0 Å². The first kappa shape index (κ1) is 31.0. The molecule has 0 saturated carbocycles. The van der Waals surface area contributed by atoms with Crippen LogP contribution < -0.4 is 18.1 Å². The number of anilines is 2. The summed E-state index contributed by atoms with van der Waals surface area (Å²) in [6, 6.07) is 9.68. The van der Waals surface area contributed by atoms with Gasteiger partial charge in [-0.3, -0.25) is 9.59 Å². The monoisotopic (exact) mass is 596 g/mol. The molecule has 0 spiro atoms. The van der Waals surface area contributed by atoms with Crippen LogP contribution in [0.2, 0.25) is 0 Å². The molecular weight excluding hydrogens is 560 g/mol. The van der Waals surface area contributed by atoms with Gasteiger partial charge in [0.2, 0.25) is 0 Å². The molecule has 0 bridgehead atoms. The van der Waals surface area contributed by atoms with Crippen LogP contribution in [0, 0.1) is 11.3 Å². The Hall–Kier alpha value is -3.52. The maximum atomic E-state index is 11.7. The molecule has 2 amide bonds. The second-order valence-corrected chi connectivity index (χ2v) is 14.6. The highest BCUT2D eigenvalue weighted by Crippen LogP contribution is 2.33. The van der Waals surface area contributed by atoms with Crippen molar-refractivity contribution in [1.82, 2.24) is 9.44 Å². The van der Waals surface area contributed by atoms with E-state index in [1.54, 1.807) is 18.2 Å². The van der Waals surface area contributed by atoms with Gasteiger partial charge in [0, 0.05) is 0 Å². The van der Waals surface area contributed by atoms with Crippen LogP contribution in [0.5, 0.6) is 11.5 Å². The van der Waals surface area contributed by atoms with Crippen molar-refractivity contribution in [2.45, 2.75) is 53.9 Å². The molecule has 220 valence electrons. The number of carbonyl (C=O) groups is 2. The van der Waals surface area contributed by atoms with Crippen LogP contribution in [0.15, 0.2) is 36.4 Å². The number of aromatic hydroxyl groups is 2. The van der Waals surface area contributed by atoms with Crippen molar-refractivity contribution in [3.8, 4) is 11.5 Å². The molecule has 0 radical (unpaired) electrons. The van der Waals surface area contributed by atoms with E-state index in [1.165, 1.54) is 18.2 Å². The topological polar surface area (TPSA) is 173 Å². The van der Waals surface area contributed by atoms with Crippen molar-refractivity contribution < 1.29 is 36.6 Å². The molecule has 0 unspecified atom stereocenters. The third kappa shape index (κ3) is 7.78. The number of hydrogen-bond acceptors (Lipinski definition) is 8. The molecule has 4 N–H and O–H groups in total. The predicted octanol–water partition coefficient (Wildman–Crippen LogP) is 2.32. The summed E-state index contributed by atoms with van der Waals surface area (Å²) in [4.78, 5) is 22.4. The lowest BCUT2D eigenvalue weighted by Gasteiger charge is -2.19. The molecule has 2 heterocycles. The standard InChI is InChI=1S/C14H20N2O4S.C12H16N2O4S/c1-14(2,3)7-6-10-4-5-11(12(17)8-10)16-9-13(18)15-21(16,19)20;1-8(2)5-9-3-4-10(11(15)6-9)14-7-12(16)13-19(14,17)18/h4-5,8,17H,6-7,9H2,1-3H3,(H,15,18);3-4,6,8,15H,5,7H2,1-2H3,(H,13,16). The van der Waals surface area contributed by atoms with E-state index in [9.17, 15) is 36.6 Å². The van der Waals surface area contributed by atoms with Gasteiger partial charge >= 0.3 is 20.4 Å².